The normalized spacial score (nSPS) is 26.0. The molecule has 0 bridgehead atoms. The number of rotatable bonds is 4. The number of aryl methyl sites for hydroxylation is 1. The van der Waals surface area contributed by atoms with Crippen molar-refractivity contribution < 1.29 is 4.74 Å². The van der Waals surface area contributed by atoms with E-state index in [1.165, 1.54) is 56.2 Å². The van der Waals surface area contributed by atoms with Gasteiger partial charge < -0.3 is 10.5 Å². The summed E-state index contributed by atoms with van der Waals surface area (Å²) in [5.74, 6) is 2.06. The number of nitrogens with two attached hydrogens (primary N) is 1. The Bertz CT molecular complexity index is 463. The van der Waals surface area contributed by atoms with Crippen LogP contribution in [0.25, 0.3) is 0 Å². The number of hydrogen-bond donors (Lipinski definition) is 1. The standard InChI is InChI=1S/C17H27N3O/c18-10-13-6-4-5-7-14(13)11-21-17-15-8-2-1-3-9-16(15)19-12-20-17/h12-14H,1-11,18H2. The van der Waals surface area contributed by atoms with Crippen molar-refractivity contribution in [3.63, 3.8) is 0 Å². The van der Waals surface area contributed by atoms with Gasteiger partial charge in [0.05, 0.1) is 12.3 Å². The molecule has 0 aliphatic heterocycles. The summed E-state index contributed by atoms with van der Waals surface area (Å²) in [7, 11) is 0. The van der Waals surface area contributed by atoms with E-state index in [1.54, 1.807) is 6.33 Å². The molecule has 21 heavy (non-hydrogen) atoms. The molecule has 2 unspecified atom stereocenters. The van der Waals surface area contributed by atoms with Crippen molar-refractivity contribution in [2.45, 2.75) is 57.8 Å². The number of nitrogens with zero attached hydrogens (tertiary/aromatic N) is 2. The van der Waals surface area contributed by atoms with E-state index in [2.05, 4.69) is 9.97 Å². The first kappa shape index (κ1) is 14.8. The molecule has 0 radical (unpaired) electrons. The third kappa shape index (κ3) is 3.54. The van der Waals surface area contributed by atoms with Crippen LogP contribution in [0.15, 0.2) is 6.33 Å². The number of ether oxygens (including phenoxy) is 1. The lowest BCUT2D eigenvalue weighted by Crippen LogP contribution is -2.31. The van der Waals surface area contributed by atoms with Gasteiger partial charge in [0.1, 0.15) is 6.33 Å². The summed E-state index contributed by atoms with van der Waals surface area (Å²) in [5.41, 5.74) is 8.38. The smallest absolute Gasteiger partial charge is 0.219 e. The van der Waals surface area contributed by atoms with E-state index in [9.17, 15) is 0 Å². The predicted molar refractivity (Wildman–Crippen MR) is 83.3 cm³/mol. The molecule has 0 spiro atoms. The number of hydrogen-bond acceptors (Lipinski definition) is 4. The first-order valence-electron chi connectivity index (χ1n) is 8.54. The van der Waals surface area contributed by atoms with Crippen molar-refractivity contribution in [2.24, 2.45) is 17.6 Å². The Morgan fingerprint density at radius 3 is 2.67 bits per heavy atom. The lowest BCUT2D eigenvalue weighted by Gasteiger charge is -2.30. The van der Waals surface area contributed by atoms with E-state index in [0.29, 0.717) is 11.8 Å². The van der Waals surface area contributed by atoms with Gasteiger partial charge in [0, 0.05) is 5.56 Å². The van der Waals surface area contributed by atoms with E-state index < -0.39 is 0 Å². The van der Waals surface area contributed by atoms with Crippen molar-refractivity contribution in [2.75, 3.05) is 13.2 Å². The van der Waals surface area contributed by atoms with Gasteiger partial charge in [0.25, 0.3) is 0 Å². The van der Waals surface area contributed by atoms with Gasteiger partial charge in [-0.1, -0.05) is 19.3 Å². The molecule has 1 fully saturated rings. The van der Waals surface area contributed by atoms with Crippen LogP contribution >= 0.6 is 0 Å². The second-order valence-electron chi connectivity index (χ2n) is 6.52. The molecule has 0 saturated heterocycles. The van der Waals surface area contributed by atoms with E-state index in [0.717, 1.165) is 31.9 Å². The minimum Gasteiger partial charge on any atom is -0.477 e. The van der Waals surface area contributed by atoms with Crippen LogP contribution in [0.3, 0.4) is 0 Å². The van der Waals surface area contributed by atoms with Crippen molar-refractivity contribution in [3.05, 3.63) is 17.6 Å². The molecule has 2 atom stereocenters. The third-order valence-electron chi connectivity index (χ3n) is 5.14. The number of fused-ring (bicyclic) bond motifs is 1. The Labute approximate surface area is 127 Å². The highest BCUT2D eigenvalue weighted by Gasteiger charge is 2.25. The largest absolute Gasteiger partial charge is 0.477 e. The fraction of sp³-hybridized carbons (Fsp3) is 0.765. The fourth-order valence-electron chi connectivity index (χ4n) is 3.79. The quantitative estimate of drug-likeness (QED) is 0.866. The predicted octanol–water partition coefficient (Wildman–Crippen LogP) is 2.89. The summed E-state index contributed by atoms with van der Waals surface area (Å²) < 4.78 is 6.12. The van der Waals surface area contributed by atoms with Gasteiger partial charge in [-0.15, -0.1) is 0 Å². The highest BCUT2D eigenvalue weighted by molar-refractivity contribution is 5.30. The van der Waals surface area contributed by atoms with Crippen LogP contribution in [0, 0.1) is 11.8 Å². The van der Waals surface area contributed by atoms with E-state index in [4.69, 9.17) is 10.5 Å². The highest BCUT2D eigenvalue weighted by Crippen LogP contribution is 2.31. The molecule has 1 heterocycles. The van der Waals surface area contributed by atoms with Crippen molar-refractivity contribution >= 4 is 0 Å². The molecule has 2 N–H and O–H groups in total. The Morgan fingerprint density at radius 2 is 1.81 bits per heavy atom. The highest BCUT2D eigenvalue weighted by atomic mass is 16.5. The van der Waals surface area contributed by atoms with Gasteiger partial charge in [-0.05, 0) is 56.9 Å². The zero-order chi connectivity index (χ0) is 14.5. The maximum atomic E-state index is 6.12. The van der Waals surface area contributed by atoms with Gasteiger partial charge in [0.2, 0.25) is 5.88 Å². The van der Waals surface area contributed by atoms with Crippen LogP contribution in [0.2, 0.25) is 0 Å². The van der Waals surface area contributed by atoms with Gasteiger partial charge in [-0.25, -0.2) is 9.97 Å². The molecule has 116 valence electrons. The molecule has 0 aromatic carbocycles. The first-order valence-corrected chi connectivity index (χ1v) is 8.54. The van der Waals surface area contributed by atoms with E-state index >= 15 is 0 Å². The second-order valence-corrected chi connectivity index (χ2v) is 6.52. The molecule has 2 aliphatic carbocycles. The van der Waals surface area contributed by atoms with Gasteiger partial charge in [-0.2, -0.15) is 0 Å². The molecular formula is C17H27N3O. The average molecular weight is 289 g/mol. The first-order chi connectivity index (χ1) is 10.4. The maximum Gasteiger partial charge on any atom is 0.219 e. The molecule has 1 aromatic heterocycles. The molecule has 4 nitrogen and oxygen atoms in total. The van der Waals surface area contributed by atoms with Crippen molar-refractivity contribution in [1.82, 2.24) is 9.97 Å². The minimum absolute atomic E-state index is 0.597. The van der Waals surface area contributed by atoms with Crippen LogP contribution in [-0.4, -0.2) is 23.1 Å². The lowest BCUT2D eigenvalue weighted by molar-refractivity contribution is 0.148. The topological polar surface area (TPSA) is 61.0 Å². The van der Waals surface area contributed by atoms with Crippen LogP contribution in [0.1, 0.15) is 56.2 Å². The van der Waals surface area contributed by atoms with Gasteiger partial charge in [0.15, 0.2) is 0 Å². The van der Waals surface area contributed by atoms with Crippen LogP contribution in [-0.2, 0) is 12.8 Å². The Hall–Kier alpha value is -1.16. The Kier molecular flexibility index (Phi) is 5.07. The zero-order valence-electron chi connectivity index (χ0n) is 12.9. The van der Waals surface area contributed by atoms with Gasteiger partial charge in [-0.3, -0.25) is 0 Å². The third-order valence-corrected chi connectivity index (χ3v) is 5.14. The molecule has 1 aromatic rings. The van der Waals surface area contributed by atoms with Crippen LogP contribution in [0.5, 0.6) is 5.88 Å². The zero-order valence-corrected chi connectivity index (χ0v) is 12.9. The molecule has 2 aliphatic rings. The van der Waals surface area contributed by atoms with Crippen LogP contribution in [0.4, 0.5) is 0 Å². The summed E-state index contributed by atoms with van der Waals surface area (Å²) in [6, 6.07) is 0. The maximum absolute atomic E-state index is 6.12. The van der Waals surface area contributed by atoms with E-state index in [-0.39, 0.29) is 0 Å². The molecule has 4 heteroatoms. The summed E-state index contributed by atoms with van der Waals surface area (Å²) in [6.07, 6.45) is 12.7. The number of aromatic nitrogens is 2. The van der Waals surface area contributed by atoms with Crippen molar-refractivity contribution in [3.8, 4) is 5.88 Å². The second kappa shape index (κ2) is 7.21. The fourth-order valence-corrected chi connectivity index (χ4v) is 3.79. The SMILES string of the molecule is NCC1CCCCC1COc1ncnc2c1CCCCC2. The molecule has 0 amide bonds. The summed E-state index contributed by atoms with van der Waals surface area (Å²) in [5, 5.41) is 0. The summed E-state index contributed by atoms with van der Waals surface area (Å²) in [4.78, 5) is 8.86. The van der Waals surface area contributed by atoms with E-state index in [1.807, 2.05) is 0 Å². The Morgan fingerprint density at radius 1 is 1.00 bits per heavy atom. The lowest BCUT2D eigenvalue weighted by atomic mass is 9.80. The van der Waals surface area contributed by atoms with Gasteiger partial charge >= 0.3 is 0 Å². The molecule has 3 rings (SSSR count). The van der Waals surface area contributed by atoms with Crippen molar-refractivity contribution in [1.29, 1.82) is 0 Å². The Balaban J connectivity index is 1.67. The average Bonchev–Trinajstić information content (AvgIpc) is 2.79. The minimum atomic E-state index is 0.597. The summed E-state index contributed by atoms with van der Waals surface area (Å²) >= 11 is 0. The molecular weight excluding hydrogens is 262 g/mol. The molecule has 1 saturated carbocycles. The summed E-state index contributed by atoms with van der Waals surface area (Å²) in [6.45, 7) is 1.56. The van der Waals surface area contributed by atoms with Crippen LogP contribution < -0.4 is 10.5 Å². The monoisotopic (exact) mass is 289 g/mol.